The highest BCUT2D eigenvalue weighted by Gasteiger charge is 2.02. The molecule has 0 unspecified atom stereocenters. The maximum atomic E-state index is 8.76. The average Bonchev–Trinajstić information content (AvgIpc) is 2.86. The van der Waals surface area contributed by atoms with Crippen molar-refractivity contribution in [1.29, 1.82) is 5.26 Å². The zero-order chi connectivity index (χ0) is 12.4. The Labute approximate surface area is 103 Å². The number of aromatic nitrogens is 3. The zero-order valence-electron chi connectivity index (χ0n) is 9.29. The van der Waals surface area contributed by atoms with E-state index >= 15 is 0 Å². The molecule has 18 heavy (non-hydrogen) atoms. The summed E-state index contributed by atoms with van der Waals surface area (Å²) >= 11 is 0. The van der Waals surface area contributed by atoms with Crippen LogP contribution in [0, 0.1) is 11.3 Å². The van der Waals surface area contributed by atoms with E-state index in [-0.39, 0.29) is 0 Å². The van der Waals surface area contributed by atoms with Crippen LogP contribution in [0.15, 0.2) is 42.6 Å². The Morgan fingerprint density at radius 3 is 3.06 bits per heavy atom. The molecule has 2 heterocycles. The van der Waals surface area contributed by atoms with Gasteiger partial charge in [0.15, 0.2) is 0 Å². The van der Waals surface area contributed by atoms with Crippen molar-refractivity contribution < 1.29 is 4.74 Å². The summed E-state index contributed by atoms with van der Waals surface area (Å²) in [4.78, 5) is 4.05. The van der Waals surface area contributed by atoms with Crippen molar-refractivity contribution in [2.45, 2.75) is 0 Å². The minimum absolute atomic E-state index is 0.329. The highest BCUT2D eigenvalue weighted by atomic mass is 16.5. The number of nitrogens with zero attached hydrogens (tertiary/aromatic N) is 3. The van der Waals surface area contributed by atoms with E-state index in [1.165, 1.54) is 0 Å². The Kier molecular flexibility index (Phi) is 2.39. The van der Waals surface area contributed by atoms with Gasteiger partial charge in [-0.15, -0.1) is 0 Å². The number of hydrogen-bond acceptors (Lipinski definition) is 4. The van der Waals surface area contributed by atoms with Gasteiger partial charge in [0.1, 0.15) is 17.5 Å². The largest absolute Gasteiger partial charge is 0.439 e. The van der Waals surface area contributed by atoms with E-state index in [0.29, 0.717) is 17.3 Å². The normalized spacial score (nSPS) is 10.2. The van der Waals surface area contributed by atoms with Gasteiger partial charge in [0, 0.05) is 17.5 Å². The summed E-state index contributed by atoms with van der Waals surface area (Å²) in [5.41, 5.74) is 1.22. The number of nitrogens with one attached hydrogen (secondary N) is 1. The predicted molar refractivity (Wildman–Crippen MR) is 65.1 cm³/mol. The SMILES string of the molecule is N#Cc1cccc(Oc2ccc3cn[nH]c3c2)n1. The minimum atomic E-state index is 0.329. The summed E-state index contributed by atoms with van der Waals surface area (Å²) in [6.07, 6.45) is 1.74. The molecule has 0 amide bonds. The van der Waals surface area contributed by atoms with Gasteiger partial charge < -0.3 is 4.74 Å². The first-order chi connectivity index (χ1) is 8.85. The van der Waals surface area contributed by atoms with Crippen molar-refractivity contribution in [3.8, 4) is 17.7 Å². The number of pyridine rings is 1. The predicted octanol–water partition coefficient (Wildman–Crippen LogP) is 2.62. The van der Waals surface area contributed by atoms with E-state index in [1.807, 2.05) is 24.3 Å². The first-order valence-corrected chi connectivity index (χ1v) is 5.33. The van der Waals surface area contributed by atoms with E-state index in [9.17, 15) is 0 Å². The van der Waals surface area contributed by atoms with Crippen molar-refractivity contribution in [2.24, 2.45) is 0 Å². The fraction of sp³-hybridized carbons (Fsp3) is 0. The summed E-state index contributed by atoms with van der Waals surface area (Å²) in [6, 6.07) is 12.6. The molecular formula is C13H8N4O. The van der Waals surface area contributed by atoms with Crippen LogP contribution in [0.2, 0.25) is 0 Å². The third kappa shape index (κ3) is 1.87. The van der Waals surface area contributed by atoms with Crippen LogP contribution < -0.4 is 4.74 Å². The van der Waals surface area contributed by atoms with Crippen LogP contribution >= 0.6 is 0 Å². The van der Waals surface area contributed by atoms with Crippen molar-refractivity contribution in [1.82, 2.24) is 15.2 Å². The van der Waals surface area contributed by atoms with Gasteiger partial charge in [-0.1, -0.05) is 6.07 Å². The van der Waals surface area contributed by atoms with E-state index in [4.69, 9.17) is 10.00 Å². The maximum Gasteiger partial charge on any atom is 0.220 e. The van der Waals surface area contributed by atoms with Gasteiger partial charge in [0.2, 0.25) is 5.88 Å². The van der Waals surface area contributed by atoms with Gasteiger partial charge in [-0.05, 0) is 18.2 Å². The summed E-state index contributed by atoms with van der Waals surface area (Å²) in [7, 11) is 0. The molecule has 0 saturated heterocycles. The third-order valence-electron chi connectivity index (χ3n) is 2.47. The van der Waals surface area contributed by atoms with E-state index in [2.05, 4.69) is 15.2 Å². The van der Waals surface area contributed by atoms with Gasteiger partial charge in [-0.25, -0.2) is 4.98 Å². The van der Waals surface area contributed by atoms with Crippen molar-refractivity contribution in [3.63, 3.8) is 0 Å². The molecule has 86 valence electrons. The lowest BCUT2D eigenvalue weighted by Crippen LogP contribution is -1.89. The van der Waals surface area contributed by atoms with Crippen molar-refractivity contribution in [3.05, 3.63) is 48.3 Å². The molecule has 0 atom stereocenters. The van der Waals surface area contributed by atoms with Gasteiger partial charge in [0.05, 0.1) is 11.7 Å². The van der Waals surface area contributed by atoms with E-state index in [0.717, 1.165) is 10.9 Å². The second-order valence-electron chi connectivity index (χ2n) is 3.69. The number of H-pyrrole nitrogens is 1. The highest BCUT2D eigenvalue weighted by molar-refractivity contribution is 5.79. The number of fused-ring (bicyclic) bond motifs is 1. The summed E-state index contributed by atoms with van der Waals surface area (Å²) in [6.45, 7) is 0. The molecule has 0 saturated carbocycles. The smallest absolute Gasteiger partial charge is 0.220 e. The van der Waals surface area contributed by atoms with Gasteiger partial charge in [0.25, 0.3) is 0 Å². The standard InChI is InChI=1S/C13H8N4O/c14-7-10-2-1-3-13(16-10)18-11-5-4-9-8-15-17-12(9)6-11/h1-6,8H,(H,15,17). The molecular weight excluding hydrogens is 228 g/mol. The number of nitriles is 1. The Bertz CT molecular complexity index is 742. The molecule has 5 nitrogen and oxygen atoms in total. The molecule has 0 aliphatic carbocycles. The van der Waals surface area contributed by atoms with Crippen LogP contribution in [0.1, 0.15) is 5.69 Å². The van der Waals surface area contributed by atoms with Crippen LogP contribution in [0.4, 0.5) is 0 Å². The number of aromatic amines is 1. The van der Waals surface area contributed by atoms with Gasteiger partial charge in [-0.3, -0.25) is 5.10 Å². The van der Waals surface area contributed by atoms with Crippen LogP contribution in [0.3, 0.4) is 0 Å². The van der Waals surface area contributed by atoms with Gasteiger partial charge in [-0.2, -0.15) is 10.4 Å². The third-order valence-corrected chi connectivity index (χ3v) is 2.47. The van der Waals surface area contributed by atoms with Crippen LogP contribution in [0.5, 0.6) is 11.6 Å². The van der Waals surface area contributed by atoms with Gasteiger partial charge >= 0.3 is 0 Å². The molecule has 0 aliphatic rings. The van der Waals surface area contributed by atoms with Crippen LogP contribution in [-0.4, -0.2) is 15.2 Å². The molecule has 0 spiro atoms. The van der Waals surface area contributed by atoms with E-state index < -0.39 is 0 Å². The molecule has 0 aliphatic heterocycles. The maximum absolute atomic E-state index is 8.76. The molecule has 3 aromatic rings. The fourth-order valence-corrected chi connectivity index (χ4v) is 1.63. The van der Waals surface area contributed by atoms with Crippen LogP contribution in [0.25, 0.3) is 10.9 Å². The Morgan fingerprint density at radius 1 is 1.22 bits per heavy atom. The Balaban J connectivity index is 1.93. The van der Waals surface area contributed by atoms with Crippen molar-refractivity contribution >= 4 is 10.9 Å². The molecule has 5 heteroatoms. The number of rotatable bonds is 2. The molecule has 0 fully saturated rings. The van der Waals surface area contributed by atoms with E-state index in [1.54, 1.807) is 24.4 Å². The molecule has 1 N–H and O–H groups in total. The number of benzene rings is 1. The minimum Gasteiger partial charge on any atom is -0.439 e. The Hall–Kier alpha value is -2.87. The lowest BCUT2D eigenvalue weighted by molar-refractivity contribution is 0.463. The first kappa shape index (κ1) is 10.3. The summed E-state index contributed by atoms with van der Waals surface area (Å²) in [5.74, 6) is 1.04. The second-order valence-corrected chi connectivity index (χ2v) is 3.69. The molecule has 0 radical (unpaired) electrons. The average molecular weight is 236 g/mol. The molecule has 1 aromatic carbocycles. The topological polar surface area (TPSA) is 74.6 Å². The molecule has 3 rings (SSSR count). The second kappa shape index (κ2) is 4.18. The summed E-state index contributed by atoms with van der Waals surface area (Å²) in [5, 5.41) is 16.6. The summed E-state index contributed by atoms with van der Waals surface area (Å²) < 4.78 is 5.59. The highest BCUT2D eigenvalue weighted by Crippen LogP contribution is 2.23. The number of hydrogen-bond donors (Lipinski definition) is 1. The van der Waals surface area contributed by atoms with Crippen LogP contribution in [-0.2, 0) is 0 Å². The quantitative estimate of drug-likeness (QED) is 0.742. The molecule has 2 aromatic heterocycles. The fourth-order valence-electron chi connectivity index (χ4n) is 1.63. The zero-order valence-corrected chi connectivity index (χ0v) is 9.29. The Morgan fingerprint density at radius 2 is 2.17 bits per heavy atom. The monoisotopic (exact) mass is 236 g/mol. The lowest BCUT2D eigenvalue weighted by atomic mass is 10.2. The lowest BCUT2D eigenvalue weighted by Gasteiger charge is -2.04. The first-order valence-electron chi connectivity index (χ1n) is 5.33. The van der Waals surface area contributed by atoms with Crippen molar-refractivity contribution in [2.75, 3.05) is 0 Å². The molecule has 0 bridgehead atoms. The number of ether oxygens (including phenoxy) is 1.